The van der Waals surface area contributed by atoms with Gasteiger partial charge in [-0.1, -0.05) is 30.3 Å². The fourth-order valence-corrected chi connectivity index (χ4v) is 2.16. The third kappa shape index (κ3) is 2.90. The predicted molar refractivity (Wildman–Crippen MR) is 69.7 cm³/mol. The molecule has 0 N–H and O–H groups in total. The molecule has 2 rings (SSSR count). The van der Waals surface area contributed by atoms with Crippen LogP contribution in [-0.2, 0) is 6.54 Å². The standard InChI is InChI=1S/C13H11Cl2NO/c14-11(10-5-2-1-3-6-10)9-16-8-4-7-12(16)13(15)17/h1-8,11H,9H2. The molecule has 1 unspecified atom stereocenters. The molecule has 4 heteroatoms. The Hall–Kier alpha value is -1.25. The largest absolute Gasteiger partial charge is 0.342 e. The van der Waals surface area contributed by atoms with Gasteiger partial charge < -0.3 is 4.57 Å². The molecule has 17 heavy (non-hydrogen) atoms. The molecule has 0 aliphatic rings. The van der Waals surface area contributed by atoms with Gasteiger partial charge in [-0.3, -0.25) is 4.79 Å². The molecule has 0 saturated heterocycles. The molecule has 0 bridgehead atoms. The highest BCUT2D eigenvalue weighted by atomic mass is 35.5. The molecule has 0 spiro atoms. The van der Waals surface area contributed by atoms with Crippen molar-refractivity contribution in [3.63, 3.8) is 0 Å². The van der Waals surface area contributed by atoms with Gasteiger partial charge in [-0.15, -0.1) is 11.6 Å². The number of rotatable bonds is 4. The van der Waals surface area contributed by atoms with Crippen molar-refractivity contribution in [2.24, 2.45) is 0 Å². The summed E-state index contributed by atoms with van der Waals surface area (Å²) in [5, 5.41) is -0.648. The van der Waals surface area contributed by atoms with E-state index in [1.807, 2.05) is 30.3 Å². The van der Waals surface area contributed by atoms with Gasteiger partial charge >= 0.3 is 0 Å². The third-order valence-corrected chi connectivity index (χ3v) is 3.13. The van der Waals surface area contributed by atoms with Crippen molar-refractivity contribution in [1.82, 2.24) is 4.57 Å². The van der Waals surface area contributed by atoms with Crippen LogP contribution in [0.5, 0.6) is 0 Å². The Bertz CT molecular complexity index is 507. The molecule has 1 aromatic heterocycles. The van der Waals surface area contributed by atoms with Crippen molar-refractivity contribution in [2.75, 3.05) is 0 Å². The van der Waals surface area contributed by atoms with Crippen molar-refractivity contribution in [3.8, 4) is 0 Å². The van der Waals surface area contributed by atoms with E-state index in [0.717, 1.165) is 5.56 Å². The van der Waals surface area contributed by atoms with Crippen LogP contribution < -0.4 is 0 Å². The average Bonchev–Trinajstić information content (AvgIpc) is 2.78. The lowest BCUT2D eigenvalue weighted by atomic mass is 10.1. The Labute approximate surface area is 110 Å². The summed E-state index contributed by atoms with van der Waals surface area (Å²) in [5.74, 6) is 0. The SMILES string of the molecule is O=C(Cl)c1cccn1CC(Cl)c1ccccc1. The summed E-state index contributed by atoms with van der Waals surface area (Å²) < 4.78 is 1.76. The van der Waals surface area contributed by atoms with Crippen LogP contribution in [-0.4, -0.2) is 9.81 Å². The van der Waals surface area contributed by atoms with Crippen LogP contribution in [0.15, 0.2) is 48.7 Å². The molecule has 2 nitrogen and oxygen atoms in total. The predicted octanol–water partition coefficient (Wildman–Crippen LogP) is 3.85. The Kier molecular flexibility index (Phi) is 3.87. The van der Waals surface area contributed by atoms with E-state index < -0.39 is 5.24 Å². The summed E-state index contributed by atoms with van der Waals surface area (Å²) in [6.07, 6.45) is 1.80. The Morgan fingerprint density at radius 1 is 1.18 bits per heavy atom. The fourth-order valence-electron chi connectivity index (χ4n) is 1.69. The molecule has 0 aliphatic heterocycles. The van der Waals surface area contributed by atoms with E-state index in [2.05, 4.69) is 0 Å². The van der Waals surface area contributed by atoms with E-state index in [9.17, 15) is 4.79 Å². The van der Waals surface area contributed by atoms with E-state index in [4.69, 9.17) is 23.2 Å². The Balaban J connectivity index is 2.16. The third-order valence-electron chi connectivity index (χ3n) is 2.55. The number of alkyl halides is 1. The first-order valence-corrected chi connectivity index (χ1v) is 6.04. The van der Waals surface area contributed by atoms with Crippen LogP contribution in [0.2, 0.25) is 0 Å². The van der Waals surface area contributed by atoms with Crippen LogP contribution >= 0.6 is 23.2 Å². The van der Waals surface area contributed by atoms with Crippen molar-refractivity contribution >= 4 is 28.4 Å². The number of aromatic nitrogens is 1. The van der Waals surface area contributed by atoms with Crippen molar-refractivity contribution in [2.45, 2.75) is 11.9 Å². The minimum Gasteiger partial charge on any atom is -0.342 e. The number of halogens is 2. The molecule has 88 valence electrons. The van der Waals surface area contributed by atoms with Crippen LogP contribution in [0.1, 0.15) is 21.4 Å². The number of carbonyl (C=O) groups excluding carboxylic acids is 1. The molecular formula is C13H11Cl2NO. The molecule has 0 fully saturated rings. The lowest BCUT2D eigenvalue weighted by Gasteiger charge is -2.12. The Morgan fingerprint density at radius 3 is 2.53 bits per heavy atom. The van der Waals surface area contributed by atoms with E-state index in [-0.39, 0.29) is 5.38 Å². The molecule has 1 heterocycles. The molecule has 0 amide bonds. The second-order valence-electron chi connectivity index (χ2n) is 3.70. The van der Waals surface area contributed by atoms with Gasteiger partial charge in [0.2, 0.25) is 0 Å². The zero-order valence-corrected chi connectivity index (χ0v) is 10.5. The lowest BCUT2D eigenvalue weighted by molar-refractivity contribution is 0.107. The number of hydrogen-bond acceptors (Lipinski definition) is 1. The van der Waals surface area contributed by atoms with Gasteiger partial charge in [0.05, 0.1) is 5.38 Å². The molecule has 1 aromatic carbocycles. The smallest absolute Gasteiger partial charge is 0.268 e. The van der Waals surface area contributed by atoms with Gasteiger partial charge in [0, 0.05) is 12.7 Å². The normalized spacial score (nSPS) is 12.4. The van der Waals surface area contributed by atoms with Crippen molar-refractivity contribution < 1.29 is 4.79 Å². The highest BCUT2D eigenvalue weighted by Crippen LogP contribution is 2.23. The molecule has 0 radical (unpaired) electrons. The molecule has 2 aromatic rings. The summed E-state index contributed by atoms with van der Waals surface area (Å²) in [4.78, 5) is 11.1. The summed E-state index contributed by atoms with van der Waals surface area (Å²) in [5.41, 5.74) is 1.49. The highest BCUT2D eigenvalue weighted by molar-refractivity contribution is 6.67. The number of benzene rings is 1. The number of nitrogens with zero attached hydrogens (tertiary/aromatic N) is 1. The molecular weight excluding hydrogens is 257 g/mol. The molecule has 0 aliphatic carbocycles. The van der Waals surface area contributed by atoms with E-state index in [1.54, 1.807) is 22.9 Å². The van der Waals surface area contributed by atoms with E-state index >= 15 is 0 Å². The van der Waals surface area contributed by atoms with Gasteiger partial charge in [0.1, 0.15) is 5.69 Å². The first-order valence-electron chi connectivity index (χ1n) is 5.22. The van der Waals surface area contributed by atoms with Crippen LogP contribution in [0.4, 0.5) is 0 Å². The van der Waals surface area contributed by atoms with E-state index in [0.29, 0.717) is 12.2 Å². The zero-order chi connectivity index (χ0) is 12.3. The fraction of sp³-hybridized carbons (Fsp3) is 0.154. The molecule has 0 saturated carbocycles. The second kappa shape index (κ2) is 5.39. The first-order chi connectivity index (χ1) is 8.18. The van der Waals surface area contributed by atoms with Crippen LogP contribution in [0, 0.1) is 0 Å². The van der Waals surface area contributed by atoms with Gasteiger partial charge in [-0.25, -0.2) is 0 Å². The number of carbonyl (C=O) groups is 1. The quantitative estimate of drug-likeness (QED) is 0.609. The first kappa shape index (κ1) is 12.2. The minimum absolute atomic E-state index is 0.182. The van der Waals surface area contributed by atoms with Crippen molar-refractivity contribution in [3.05, 3.63) is 59.9 Å². The maximum absolute atomic E-state index is 11.1. The maximum Gasteiger partial charge on any atom is 0.268 e. The minimum atomic E-state index is -0.466. The average molecular weight is 268 g/mol. The zero-order valence-electron chi connectivity index (χ0n) is 9.01. The summed E-state index contributed by atoms with van der Waals surface area (Å²) >= 11 is 11.8. The van der Waals surface area contributed by atoms with Gasteiger partial charge in [-0.05, 0) is 29.3 Å². The van der Waals surface area contributed by atoms with Gasteiger partial charge in [-0.2, -0.15) is 0 Å². The van der Waals surface area contributed by atoms with Gasteiger partial charge in [0.15, 0.2) is 0 Å². The van der Waals surface area contributed by atoms with E-state index in [1.165, 1.54) is 0 Å². The summed E-state index contributed by atoms with van der Waals surface area (Å²) in [6, 6.07) is 13.2. The van der Waals surface area contributed by atoms with Crippen molar-refractivity contribution in [1.29, 1.82) is 0 Å². The lowest BCUT2D eigenvalue weighted by Crippen LogP contribution is -2.08. The topological polar surface area (TPSA) is 22.0 Å². The van der Waals surface area contributed by atoms with Crippen LogP contribution in [0.25, 0.3) is 0 Å². The maximum atomic E-state index is 11.1. The highest BCUT2D eigenvalue weighted by Gasteiger charge is 2.12. The summed E-state index contributed by atoms with van der Waals surface area (Å²) in [7, 11) is 0. The Morgan fingerprint density at radius 2 is 1.88 bits per heavy atom. The van der Waals surface area contributed by atoms with Gasteiger partial charge in [0.25, 0.3) is 5.24 Å². The number of hydrogen-bond donors (Lipinski definition) is 0. The second-order valence-corrected chi connectivity index (χ2v) is 4.57. The monoisotopic (exact) mass is 267 g/mol. The summed E-state index contributed by atoms with van der Waals surface area (Å²) in [6.45, 7) is 0.520. The molecule has 1 atom stereocenters. The van der Waals surface area contributed by atoms with Crippen LogP contribution in [0.3, 0.4) is 0 Å².